The Morgan fingerprint density at radius 3 is 2.69 bits per heavy atom. The second kappa shape index (κ2) is 5.87. The van der Waals surface area contributed by atoms with E-state index in [1.54, 1.807) is 23.1 Å². The van der Waals surface area contributed by atoms with Crippen LogP contribution >= 0.6 is 12.4 Å². The number of nitrogens with zero attached hydrogens (tertiary/aromatic N) is 3. The lowest BCUT2D eigenvalue weighted by Crippen LogP contribution is -2.26. The molecule has 0 aliphatic heterocycles. The van der Waals surface area contributed by atoms with Gasteiger partial charge in [0.2, 0.25) is 0 Å². The molecule has 0 bridgehead atoms. The molecule has 16 heavy (non-hydrogen) atoms. The molecule has 2 rings (SSSR count). The fourth-order valence-corrected chi connectivity index (χ4v) is 1.16. The molecule has 0 saturated carbocycles. The Morgan fingerprint density at radius 2 is 2.06 bits per heavy atom. The van der Waals surface area contributed by atoms with Gasteiger partial charge in [0, 0.05) is 5.56 Å². The van der Waals surface area contributed by atoms with Crippen LogP contribution in [0.25, 0.3) is 0 Å². The second-order valence-electron chi connectivity index (χ2n) is 2.96. The van der Waals surface area contributed by atoms with E-state index in [1.807, 2.05) is 18.2 Å². The van der Waals surface area contributed by atoms with Gasteiger partial charge in [-0.3, -0.25) is 4.79 Å². The molecule has 0 unspecified atom stereocenters. The van der Waals surface area contributed by atoms with E-state index in [1.165, 1.54) is 6.33 Å². The summed E-state index contributed by atoms with van der Waals surface area (Å²) in [6.07, 6.45) is 2.97. The van der Waals surface area contributed by atoms with Crippen LogP contribution in [-0.2, 0) is 6.67 Å². The van der Waals surface area contributed by atoms with Gasteiger partial charge in [-0.1, -0.05) is 18.2 Å². The first kappa shape index (κ1) is 12.2. The largest absolute Gasteiger partial charge is 0.333 e. The van der Waals surface area contributed by atoms with Crippen LogP contribution in [0.15, 0.2) is 43.0 Å². The molecular formula is C10H11ClN4O. The minimum absolute atomic E-state index is 0. The standard InChI is InChI=1S/C10H10N4O.ClH/c15-10(9-4-2-1-3-5-9)12-8-14-7-11-6-13-14;/h1-7H,8H2,(H,12,15);1H. The van der Waals surface area contributed by atoms with Crippen molar-refractivity contribution in [2.45, 2.75) is 6.67 Å². The van der Waals surface area contributed by atoms with Gasteiger partial charge >= 0.3 is 0 Å². The van der Waals surface area contributed by atoms with E-state index < -0.39 is 0 Å². The molecule has 1 amide bonds. The topological polar surface area (TPSA) is 59.8 Å². The van der Waals surface area contributed by atoms with Gasteiger partial charge in [-0.15, -0.1) is 12.4 Å². The number of nitrogens with one attached hydrogen (secondary N) is 1. The molecule has 0 saturated heterocycles. The number of hydrogen-bond acceptors (Lipinski definition) is 3. The van der Waals surface area contributed by atoms with Crippen LogP contribution in [0.3, 0.4) is 0 Å². The van der Waals surface area contributed by atoms with Crippen molar-refractivity contribution in [2.24, 2.45) is 0 Å². The number of benzene rings is 1. The highest BCUT2D eigenvalue weighted by molar-refractivity contribution is 5.93. The Bertz CT molecular complexity index is 429. The zero-order valence-electron chi connectivity index (χ0n) is 8.41. The SMILES string of the molecule is Cl.O=C(NCn1cncn1)c1ccccc1. The quantitative estimate of drug-likeness (QED) is 0.871. The Labute approximate surface area is 98.9 Å². The summed E-state index contributed by atoms with van der Waals surface area (Å²) in [5.41, 5.74) is 0.637. The molecule has 0 spiro atoms. The molecule has 1 aromatic heterocycles. The lowest BCUT2D eigenvalue weighted by Gasteiger charge is -2.04. The zero-order valence-corrected chi connectivity index (χ0v) is 9.22. The Hall–Kier alpha value is -1.88. The van der Waals surface area contributed by atoms with Crippen molar-refractivity contribution in [3.63, 3.8) is 0 Å². The predicted octanol–water partition coefficient (Wildman–Crippen LogP) is 1.09. The summed E-state index contributed by atoms with van der Waals surface area (Å²) in [5, 5.41) is 6.60. The van der Waals surface area contributed by atoms with E-state index in [4.69, 9.17) is 0 Å². The van der Waals surface area contributed by atoms with Crippen LogP contribution in [0.5, 0.6) is 0 Å². The minimum atomic E-state index is -0.119. The third-order valence-corrected chi connectivity index (χ3v) is 1.90. The van der Waals surface area contributed by atoms with E-state index >= 15 is 0 Å². The van der Waals surface area contributed by atoms with Crippen molar-refractivity contribution in [3.05, 3.63) is 48.5 Å². The normalized spacial score (nSPS) is 9.25. The average molecular weight is 239 g/mol. The molecular weight excluding hydrogens is 228 g/mol. The van der Waals surface area contributed by atoms with Crippen LogP contribution in [-0.4, -0.2) is 20.7 Å². The van der Waals surface area contributed by atoms with Gasteiger partial charge in [-0.05, 0) is 12.1 Å². The minimum Gasteiger partial charge on any atom is -0.333 e. The van der Waals surface area contributed by atoms with E-state index in [2.05, 4.69) is 15.4 Å². The highest BCUT2D eigenvalue weighted by Gasteiger charge is 2.02. The monoisotopic (exact) mass is 238 g/mol. The number of hydrogen-bond donors (Lipinski definition) is 1. The molecule has 0 atom stereocenters. The fourth-order valence-electron chi connectivity index (χ4n) is 1.16. The van der Waals surface area contributed by atoms with Crippen molar-refractivity contribution in [1.29, 1.82) is 0 Å². The maximum absolute atomic E-state index is 11.6. The summed E-state index contributed by atoms with van der Waals surface area (Å²) >= 11 is 0. The first-order valence-electron chi connectivity index (χ1n) is 4.52. The van der Waals surface area contributed by atoms with Crippen molar-refractivity contribution >= 4 is 18.3 Å². The molecule has 84 valence electrons. The second-order valence-corrected chi connectivity index (χ2v) is 2.96. The summed E-state index contributed by atoms with van der Waals surface area (Å²) in [6, 6.07) is 9.04. The molecule has 0 radical (unpaired) electrons. The molecule has 0 aliphatic rings. The van der Waals surface area contributed by atoms with Crippen LogP contribution in [0.2, 0.25) is 0 Å². The number of rotatable bonds is 3. The van der Waals surface area contributed by atoms with Crippen LogP contribution in [0.4, 0.5) is 0 Å². The van der Waals surface area contributed by atoms with Crippen LogP contribution in [0.1, 0.15) is 10.4 Å². The van der Waals surface area contributed by atoms with Gasteiger partial charge in [0.05, 0.1) is 0 Å². The third kappa shape index (κ3) is 3.06. The van der Waals surface area contributed by atoms with E-state index in [0.717, 1.165) is 0 Å². The van der Waals surface area contributed by atoms with E-state index in [-0.39, 0.29) is 18.3 Å². The van der Waals surface area contributed by atoms with E-state index in [0.29, 0.717) is 12.2 Å². The van der Waals surface area contributed by atoms with Gasteiger partial charge in [0.25, 0.3) is 5.91 Å². The molecule has 5 nitrogen and oxygen atoms in total. The Kier molecular flexibility index (Phi) is 4.47. The zero-order chi connectivity index (χ0) is 10.5. The average Bonchev–Trinajstić information content (AvgIpc) is 2.80. The summed E-state index contributed by atoms with van der Waals surface area (Å²) in [7, 11) is 0. The molecule has 0 aliphatic carbocycles. The maximum Gasteiger partial charge on any atom is 0.252 e. The Morgan fingerprint density at radius 1 is 1.31 bits per heavy atom. The summed E-state index contributed by atoms with van der Waals surface area (Å²) in [4.78, 5) is 15.3. The number of aromatic nitrogens is 3. The van der Waals surface area contributed by atoms with Gasteiger partial charge in [-0.2, -0.15) is 5.10 Å². The van der Waals surface area contributed by atoms with Crippen LogP contribution in [0, 0.1) is 0 Å². The highest BCUT2D eigenvalue weighted by atomic mass is 35.5. The first-order chi connectivity index (χ1) is 7.36. The van der Waals surface area contributed by atoms with Gasteiger partial charge < -0.3 is 5.32 Å². The first-order valence-corrected chi connectivity index (χ1v) is 4.52. The molecule has 1 N–H and O–H groups in total. The highest BCUT2D eigenvalue weighted by Crippen LogP contribution is 1.97. The van der Waals surface area contributed by atoms with Gasteiger partial charge in [-0.25, -0.2) is 9.67 Å². The number of halogens is 1. The third-order valence-electron chi connectivity index (χ3n) is 1.90. The van der Waals surface area contributed by atoms with E-state index in [9.17, 15) is 4.79 Å². The number of carbonyl (C=O) groups is 1. The molecule has 0 fully saturated rings. The summed E-state index contributed by atoms with van der Waals surface area (Å²) in [5.74, 6) is -0.119. The van der Waals surface area contributed by atoms with Crippen molar-refractivity contribution in [1.82, 2.24) is 20.1 Å². The number of carbonyl (C=O) groups excluding carboxylic acids is 1. The summed E-state index contributed by atoms with van der Waals surface area (Å²) in [6.45, 7) is 0.327. The van der Waals surface area contributed by atoms with Crippen molar-refractivity contribution < 1.29 is 4.79 Å². The Balaban J connectivity index is 0.00000128. The summed E-state index contributed by atoms with van der Waals surface area (Å²) < 4.78 is 1.54. The van der Waals surface area contributed by atoms with Gasteiger partial charge in [0.15, 0.2) is 0 Å². The van der Waals surface area contributed by atoms with Crippen molar-refractivity contribution in [3.8, 4) is 0 Å². The lowest BCUT2D eigenvalue weighted by atomic mass is 10.2. The maximum atomic E-state index is 11.6. The molecule has 2 aromatic rings. The lowest BCUT2D eigenvalue weighted by molar-refractivity contribution is 0.0940. The molecule has 1 aromatic carbocycles. The molecule has 1 heterocycles. The van der Waals surface area contributed by atoms with Crippen molar-refractivity contribution in [2.75, 3.05) is 0 Å². The van der Waals surface area contributed by atoms with Crippen LogP contribution < -0.4 is 5.32 Å². The van der Waals surface area contributed by atoms with Gasteiger partial charge in [0.1, 0.15) is 19.3 Å². The predicted molar refractivity (Wildman–Crippen MR) is 61.2 cm³/mol. The number of amides is 1. The molecule has 6 heteroatoms. The fraction of sp³-hybridized carbons (Fsp3) is 0.100. The smallest absolute Gasteiger partial charge is 0.252 e.